The Labute approximate surface area is 128 Å². The molecular formula is C15H16ClN3O2. The number of halogens is 1. The number of methoxy groups -OCH3 is 1. The van der Waals surface area contributed by atoms with Crippen molar-refractivity contribution in [2.24, 2.45) is 0 Å². The lowest BCUT2D eigenvalue weighted by atomic mass is 10.2. The van der Waals surface area contributed by atoms with Gasteiger partial charge in [0.05, 0.1) is 18.4 Å². The monoisotopic (exact) mass is 305 g/mol. The SMILES string of the molecule is CCNc1ncccc1C(=O)Nc1cc(Cl)ccc1OC. The van der Waals surface area contributed by atoms with Crippen LogP contribution in [0, 0.1) is 0 Å². The van der Waals surface area contributed by atoms with Gasteiger partial charge in [-0.3, -0.25) is 4.79 Å². The molecule has 0 radical (unpaired) electrons. The molecule has 1 heterocycles. The summed E-state index contributed by atoms with van der Waals surface area (Å²) >= 11 is 5.95. The topological polar surface area (TPSA) is 63.2 Å². The molecule has 21 heavy (non-hydrogen) atoms. The number of nitrogens with one attached hydrogen (secondary N) is 2. The molecule has 0 spiro atoms. The summed E-state index contributed by atoms with van der Waals surface area (Å²) in [6.45, 7) is 2.62. The van der Waals surface area contributed by atoms with Gasteiger partial charge in [0.1, 0.15) is 11.6 Å². The molecule has 1 aromatic heterocycles. The summed E-state index contributed by atoms with van der Waals surface area (Å²) in [5.74, 6) is 0.805. The molecule has 0 saturated carbocycles. The number of benzene rings is 1. The third kappa shape index (κ3) is 3.64. The minimum atomic E-state index is -0.278. The summed E-state index contributed by atoms with van der Waals surface area (Å²) in [7, 11) is 1.53. The lowest BCUT2D eigenvalue weighted by molar-refractivity contribution is 0.102. The van der Waals surface area contributed by atoms with Crippen LogP contribution in [0.25, 0.3) is 0 Å². The van der Waals surface area contributed by atoms with Crippen LogP contribution in [0.1, 0.15) is 17.3 Å². The Bertz CT molecular complexity index is 647. The first kappa shape index (κ1) is 15.1. The van der Waals surface area contributed by atoms with Gasteiger partial charge in [-0.15, -0.1) is 0 Å². The first-order chi connectivity index (χ1) is 10.2. The average Bonchev–Trinajstić information content (AvgIpc) is 2.48. The lowest BCUT2D eigenvalue weighted by Crippen LogP contribution is -2.16. The van der Waals surface area contributed by atoms with Gasteiger partial charge in [0.2, 0.25) is 0 Å². The molecule has 0 aliphatic carbocycles. The molecule has 2 rings (SSSR count). The lowest BCUT2D eigenvalue weighted by Gasteiger charge is -2.12. The maximum Gasteiger partial charge on any atom is 0.259 e. The molecule has 0 aliphatic heterocycles. The summed E-state index contributed by atoms with van der Waals surface area (Å²) < 4.78 is 5.21. The highest BCUT2D eigenvalue weighted by atomic mass is 35.5. The van der Waals surface area contributed by atoms with Crippen molar-refractivity contribution in [1.29, 1.82) is 0 Å². The second-order valence-electron chi connectivity index (χ2n) is 4.23. The highest BCUT2D eigenvalue weighted by Gasteiger charge is 2.14. The van der Waals surface area contributed by atoms with Crippen LogP contribution in [0.4, 0.5) is 11.5 Å². The van der Waals surface area contributed by atoms with Crippen LogP contribution >= 0.6 is 11.6 Å². The van der Waals surface area contributed by atoms with E-state index in [-0.39, 0.29) is 5.91 Å². The van der Waals surface area contributed by atoms with E-state index in [1.165, 1.54) is 7.11 Å². The minimum Gasteiger partial charge on any atom is -0.495 e. The molecule has 0 unspecified atom stereocenters. The second kappa shape index (κ2) is 6.95. The number of pyridine rings is 1. The van der Waals surface area contributed by atoms with Gasteiger partial charge in [-0.05, 0) is 37.3 Å². The van der Waals surface area contributed by atoms with Crippen LogP contribution in [0.15, 0.2) is 36.5 Å². The van der Waals surface area contributed by atoms with Gasteiger partial charge >= 0.3 is 0 Å². The fourth-order valence-corrected chi connectivity index (χ4v) is 2.04. The zero-order valence-electron chi connectivity index (χ0n) is 11.8. The van der Waals surface area contributed by atoms with E-state index >= 15 is 0 Å². The van der Waals surface area contributed by atoms with Crippen molar-refractivity contribution in [3.63, 3.8) is 0 Å². The molecule has 6 heteroatoms. The van der Waals surface area contributed by atoms with Gasteiger partial charge in [-0.2, -0.15) is 0 Å². The van der Waals surface area contributed by atoms with Crippen molar-refractivity contribution in [3.8, 4) is 5.75 Å². The van der Waals surface area contributed by atoms with Crippen LogP contribution in [0.5, 0.6) is 5.75 Å². The van der Waals surface area contributed by atoms with Crippen LogP contribution in [-0.4, -0.2) is 24.5 Å². The molecule has 0 aliphatic rings. The number of ether oxygens (including phenoxy) is 1. The maximum absolute atomic E-state index is 12.4. The van der Waals surface area contributed by atoms with Crippen molar-refractivity contribution < 1.29 is 9.53 Å². The minimum absolute atomic E-state index is 0.278. The quantitative estimate of drug-likeness (QED) is 0.888. The molecule has 110 valence electrons. The number of nitrogens with zero attached hydrogens (tertiary/aromatic N) is 1. The van der Waals surface area contributed by atoms with E-state index in [1.54, 1.807) is 36.5 Å². The summed E-state index contributed by atoms with van der Waals surface area (Å²) in [6.07, 6.45) is 1.63. The van der Waals surface area contributed by atoms with Crippen molar-refractivity contribution in [1.82, 2.24) is 4.98 Å². The van der Waals surface area contributed by atoms with Crippen LogP contribution < -0.4 is 15.4 Å². The van der Waals surface area contributed by atoms with E-state index in [2.05, 4.69) is 15.6 Å². The average molecular weight is 306 g/mol. The number of rotatable bonds is 5. The standard InChI is InChI=1S/C15H16ClN3O2/c1-3-17-14-11(5-4-8-18-14)15(20)19-12-9-10(16)6-7-13(12)21-2/h4-9H,3H2,1-2H3,(H,17,18)(H,19,20). The smallest absolute Gasteiger partial charge is 0.259 e. The van der Waals surface area contributed by atoms with Gasteiger partial charge in [-0.25, -0.2) is 4.98 Å². The third-order valence-electron chi connectivity index (χ3n) is 2.81. The van der Waals surface area contributed by atoms with E-state index in [4.69, 9.17) is 16.3 Å². The van der Waals surface area contributed by atoms with Crippen molar-refractivity contribution >= 4 is 29.0 Å². The Balaban J connectivity index is 2.28. The molecular weight excluding hydrogens is 290 g/mol. The zero-order chi connectivity index (χ0) is 15.2. The summed E-state index contributed by atoms with van der Waals surface area (Å²) in [4.78, 5) is 16.6. The fraction of sp³-hybridized carbons (Fsp3) is 0.200. The molecule has 5 nitrogen and oxygen atoms in total. The first-order valence-electron chi connectivity index (χ1n) is 6.49. The Morgan fingerprint density at radius 3 is 2.90 bits per heavy atom. The Hall–Kier alpha value is -2.27. The molecule has 2 aromatic rings. The number of amides is 1. The molecule has 0 saturated heterocycles. The Kier molecular flexibility index (Phi) is 5.00. The van der Waals surface area contributed by atoms with Gasteiger partial charge < -0.3 is 15.4 Å². The van der Waals surface area contributed by atoms with Crippen molar-refractivity contribution in [2.75, 3.05) is 24.3 Å². The normalized spacial score (nSPS) is 10.0. The second-order valence-corrected chi connectivity index (χ2v) is 4.67. The highest BCUT2D eigenvalue weighted by molar-refractivity contribution is 6.31. The van der Waals surface area contributed by atoms with Crippen LogP contribution in [0.2, 0.25) is 5.02 Å². The zero-order valence-corrected chi connectivity index (χ0v) is 12.6. The largest absolute Gasteiger partial charge is 0.495 e. The molecule has 1 aromatic carbocycles. The van der Waals surface area contributed by atoms with E-state index in [0.717, 1.165) is 0 Å². The highest BCUT2D eigenvalue weighted by Crippen LogP contribution is 2.28. The number of carbonyl (C=O) groups excluding carboxylic acids is 1. The molecule has 2 N–H and O–H groups in total. The van der Waals surface area contributed by atoms with E-state index in [1.807, 2.05) is 6.92 Å². The van der Waals surface area contributed by atoms with Gasteiger partial charge in [0, 0.05) is 17.8 Å². The predicted molar refractivity (Wildman–Crippen MR) is 84.4 cm³/mol. The third-order valence-corrected chi connectivity index (χ3v) is 3.04. The first-order valence-corrected chi connectivity index (χ1v) is 6.87. The van der Waals surface area contributed by atoms with Gasteiger partial charge in [-0.1, -0.05) is 11.6 Å². The van der Waals surface area contributed by atoms with Crippen molar-refractivity contribution in [2.45, 2.75) is 6.92 Å². The molecule has 0 atom stereocenters. The van der Waals surface area contributed by atoms with Crippen LogP contribution in [0.3, 0.4) is 0 Å². The Morgan fingerprint density at radius 1 is 1.38 bits per heavy atom. The van der Waals surface area contributed by atoms with Gasteiger partial charge in [0.25, 0.3) is 5.91 Å². The number of anilines is 2. The molecule has 0 fully saturated rings. The van der Waals surface area contributed by atoms with E-state index < -0.39 is 0 Å². The molecule has 0 bridgehead atoms. The number of hydrogen-bond donors (Lipinski definition) is 2. The summed E-state index contributed by atoms with van der Waals surface area (Å²) in [5.41, 5.74) is 0.975. The van der Waals surface area contributed by atoms with Gasteiger partial charge in [0.15, 0.2) is 0 Å². The maximum atomic E-state index is 12.4. The van der Waals surface area contributed by atoms with E-state index in [0.29, 0.717) is 34.4 Å². The number of carbonyl (C=O) groups is 1. The fourth-order valence-electron chi connectivity index (χ4n) is 1.86. The van der Waals surface area contributed by atoms with Crippen molar-refractivity contribution in [3.05, 3.63) is 47.1 Å². The summed E-state index contributed by atoms with van der Waals surface area (Å²) in [6, 6.07) is 8.46. The van der Waals surface area contributed by atoms with Crippen LogP contribution in [-0.2, 0) is 0 Å². The van der Waals surface area contributed by atoms with E-state index in [9.17, 15) is 4.79 Å². The Morgan fingerprint density at radius 2 is 2.19 bits per heavy atom. The number of hydrogen-bond acceptors (Lipinski definition) is 4. The number of aromatic nitrogens is 1. The molecule has 1 amide bonds. The summed E-state index contributed by atoms with van der Waals surface area (Å²) in [5, 5.41) is 6.36. The predicted octanol–water partition coefficient (Wildman–Crippen LogP) is 3.43.